The van der Waals surface area contributed by atoms with Crippen LogP contribution in [0.4, 0.5) is 0 Å². The Labute approximate surface area is 96.3 Å². The van der Waals surface area contributed by atoms with E-state index in [0.29, 0.717) is 13.1 Å². The first-order valence-corrected chi connectivity index (χ1v) is 7.01. The van der Waals surface area contributed by atoms with Gasteiger partial charge in [-0.05, 0) is 30.7 Å². The fraction of sp³-hybridized carbons (Fsp3) is 0.500. The predicted octanol–water partition coefficient (Wildman–Crippen LogP) is -0.237. The Hall–Kier alpha value is -0.980. The molecule has 0 aliphatic rings. The van der Waals surface area contributed by atoms with E-state index in [-0.39, 0.29) is 0 Å². The SMILES string of the molecule is CS(=O)(=O)NCCNCCc1ccncc1. The smallest absolute Gasteiger partial charge is 0.208 e. The lowest BCUT2D eigenvalue weighted by atomic mass is 10.2. The maximum Gasteiger partial charge on any atom is 0.208 e. The molecule has 90 valence electrons. The van der Waals surface area contributed by atoms with Crippen LogP contribution < -0.4 is 10.0 Å². The van der Waals surface area contributed by atoms with Crippen LogP contribution in [0.15, 0.2) is 24.5 Å². The van der Waals surface area contributed by atoms with Crippen molar-refractivity contribution in [3.63, 3.8) is 0 Å². The molecule has 0 fully saturated rings. The van der Waals surface area contributed by atoms with Crippen LogP contribution in [0.2, 0.25) is 0 Å². The molecule has 6 heteroatoms. The van der Waals surface area contributed by atoms with Gasteiger partial charge in [0.15, 0.2) is 0 Å². The molecule has 0 saturated heterocycles. The van der Waals surface area contributed by atoms with Gasteiger partial charge in [-0.25, -0.2) is 13.1 Å². The van der Waals surface area contributed by atoms with Gasteiger partial charge in [-0.2, -0.15) is 0 Å². The summed E-state index contributed by atoms with van der Waals surface area (Å²) in [5, 5.41) is 3.16. The minimum Gasteiger partial charge on any atom is -0.315 e. The second-order valence-electron chi connectivity index (χ2n) is 3.52. The van der Waals surface area contributed by atoms with Crippen LogP contribution in [0.1, 0.15) is 5.56 Å². The first kappa shape index (κ1) is 13.1. The maximum atomic E-state index is 10.7. The second-order valence-corrected chi connectivity index (χ2v) is 5.35. The lowest BCUT2D eigenvalue weighted by Crippen LogP contribution is -2.31. The summed E-state index contributed by atoms with van der Waals surface area (Å²) in [4.78, 5) is 3.93. The van der Waals surface area contributed by atoms with Gasteiger partial charge in [-0.1, -0.05) is 0 Å². The van der Waals surface area contributed by atoms with Crippen molar-refractivity contribution in [2.24, 2.45) is 0 Å². The third-order valence-electron chi connectivity index (χ3n) is 2.01. The van der Waals surface area contributed by atoms with Gasteiger partial charge in [0.05, 0.1) is 6.26 Å². The van der Waals surface area contributed by atoms with Gasteiger partial charge in [-0.15, -0.1) is 0 Å². The minimum absolute atomic E-state index is 0.426. The van der Waals surface area contributed by atoms with E-state index in [0.717, 1.165) is 19.2 Å². The normalized spacial score (nSPS) is 11.6. The van der Waals surface area contributed by atoms with Gasteiger partial charge in [-0.3, -0.25) is 4.98 Å². The average Bonchev–Trinajstić information content (AvgIpc) is 2.23. The largest absolute Gasteiger partial charge is 0.315 e. The van der Waals surface area contributed by atoms with Gasteiger partial charge in [0.1, 0.15) is 0 Å². The molecule has 1 aromatic rings. The highest BCUT2D eigenvalue weighted by Crippen LogP contribution is 1.95. The minimum atomic E-state index is -3.06. The van der Waals surface area contributed by atoms with Crippen molar-refractivity contribution in [3.8, 4) is 0 Å². The number of pyridine rings is 1. The van der Waals surface area contributed by atoms with Gasteiger partial charge in [0, 0.05) is 25.5 Å². The van der Waals surface area contributed by atoms with Crippen molar-refractivity contribution < 1.29 is 8.42 Å². The highest BCUT2D eigenvalue weighted by atomic mass is 32.2. The molecule has 2 N–H and O–H groups in total. The van der Waals surface area contributed by atoms with Crippen molar-refractivity contribution >= 4 is 10.0 Å². The van der Waals surface area contributed by atoms with E-state index in [9.17, 15) is 8.42 Å². The predicted molar refractivity (Wildman–Crippen MR) is 63.7 cm³/mol. The van der Waals surface area contributed by atoms with Gasteiger partial charge < -0.3 is 5.32 Å². The summed E-state index contributed by atoms with van der Waals surface area (Å²) >= 11 is 0. The number of hydrogen-bond donors (Lipinski definition) is 2. The topological polar surface area (TPSA) is 71.1 Å². The summed E-state index contributed by atoms with van der Waals surface area (Å²) in [5.41, 5.74) is 1.22. The molecular formula is C10H17N3O2S. The molecule has 1 aromatic heterocycles. The summed E-state index contributed by atoms with van der Waals surface area (Å²) in [6.07, 6.45) is 5.60. The van der Waals surface area contributed by atoms with Crippen LogP contribution >= 0.6 is 0 Å². The second kappa shape index (κ2) is 6.57. The molecule has 0 aliphatic heterocycles. The molecule has 0 atom stereocenters. The Kier molecular flexibility index (Phi) is 5.37. The molecule has 0 amide bonds. The molecule has 0 spiro atoms. The molecule has 1 heterocycles. The van der Waals surface area contributed by atoms with E-state index in [1.54, 1.807) is 12.4 Å². The molecule has 0 radical (unpaired) electrons. The summed E-state index contributed by atoms with van der Waals surface area (Å²) < 4.78 is 23.9. The van der Waals surface area contributed by atoms with E-state index in [1.165, 1.54) is 5.56 Å². The molecule has 0 saturated carbocycles. The van der Waals surface area contributed by atoms with Crippen LogP contribution in [0, 0.1) is 0 Å². The van der Waals surface area contributed by atoms with Crippen molar-refractivity contribution in [2.45, 2.75) is 6.42 Å². The Morgan fingerprint density at radius 3 is 2.50 bits per heavy atom. The fourth-order valence-corrected chi connectivity index (χ4v) is 1.70. The standard InChI is InChI=1S/C10H17N3O2S/c1-16(14,15)13-9-8-12-7-4-10-2-5-11-6-3-10/h2-3,5-6,12-13H,4,7-9H2,1H3. The quantitative estimate of drug-likeness (QED) is 0.649. The highest BCUT2D eigenvalue weighted by Gasteiger charge is 1.98. The average molecular weight is 243 g/mol. The Balaban J connectivity index is 2.05. The van der Waals surface area contributed by atoms with E-state index >= 15 is 0 Å². The number of nitrogens with zero attached hydrogens (tertiary/aromatic N) is 1. The first-order valence-electron chi connectivity index (χ1n) is 5.12. The molecule has 0 aliphatic carbocycles. The van der Waals surface area contributed by atoms with E-state index in [4.69, 9.17) is 0 Å². The molecule has 0 bridgehead atoms. The third kappa shape index (κ3) is 6.49. The molecule has 1 rings (SSSR count). The monoisotopic (exact) mass is 243 g/mol. The zero-order chi connectivity index (χ0) is 11.9. The summed E-state index contributed by atoms with van der Waals surface area (Å²) in [7, 11) is -3.06. The lowest BCUT2D eigenvalue weighted by Gasteiger charge is -2.05. The third-order valence-corrected chi connectivity index (χ3v) is 2.73. The first-order chi connectivity index (χ1) is 7.58. The molecule has 16 heavy (non-hydrogen) atoms. The lowest BCUT2D eigenvalue weighted by molar-refractivity contribution is 0.582. The van der Waals surface area contributed by atoms with E-state index in [2.05, 4.69) is 15.0 Å². The van der Waals surface area contributed by atoms with Crippen LogP contribution in [0.5, 0.6) is 0 Å². The van der Waals surface area contributed by atoms with Crippen LogP contribution in [0.25, 0.3) is 0 Å². The van der Waals surface area contributed by atoms with Crippen molar-refractivity contribution in [2.75, 3.05) is 25.9 Å². The molecular weight excluding hydrogens is 226 g/mol. The Morgan fingerprint density at radius 1 is 1.19 bits per heavy atom. The number of sulfonamides is 1. The molecule has 0 aromatic carbocycles. The number of hydrogen-bond acceptors (Lipinski definition) is 4. The summed E-state index contributed by atoms with van der Waals surface area (Å²) in [6.45, 7) is 1.89. The van der Waals surface area contributed by atoms with Crippen LogP contribution in [-0.4, -0.2) is 39.3 Å². The van der Waals surface area contributed by atoms with Crippen LogP contribution in [-0.2, 0) is 16.4 Å². The van der Waals surface area contributed by atoms with Gasteiger partial charge in [0.25, 0.3) is 0 Å². The molecule has 0 unspecified atom stereocenters. The number of aromatic nitrogens is 1. The zero-order valence-corrected chi connectivity index (χ0v) is 10.1. The van der Waals surface area contributed by atoms with E-state index < -0.39 is 10.0 Å². The van der Waals surface area contributed by atoms with Gasteiger partial charge in [0.2, 0.25) is 10.0 Å². The maximum absolute atomic E-state index is 10.7. The fourth-order valence-electron chi connectivity index (χ4n) is 1.23. The molecule has 5 nitrogen and oxygen atoms in total. The van der Waals surface area contributed by atoms with Crippen molar-refractivity contribution in [1.82, 2.24) is 15.0 Å². The zero-order valence-electron chi connectivity index (χ0n) is 9.31. The Bertz CT molecular complexity index is 392. The van der Waals surface area contributed by atoms with E-state index in [1.807, 2.05) is 12.1 Å². The highest BCUT2D eigenvalue weighted by molar-refractivity contribution is 7.88. The number of rotatable bonds is 7. The van der Waals surface area contributed by atoms with Crippen molar-refractivity contribution in [1.29, 1.82) is 0 Å². The Morgan fingerprint density at radius 2 is 1.88 bits per heavy atom. The van der Waals surface area contributed by atoms with Crippen LogP contribution in [0.3, 0.4) is 0 Å². The number of nitrogens with one attached hydrogen (secondary N) is 2. The van der Waals surface area contributed by atoms with Crippen molar-refractivity contribution in [3.05, 3.63) is 30.1 Å². The summed E-state index contributed by atoms with van der Waals surface area (Å²) in [6, 6.07) is 3.94. The van der Waals surface area contributed by atoms with Gasteiger partial charge >= 0.3 is 0 Å². The summed E-state index contributed by atoms with van der Waals surface area (Å²) in [5.74, 6) is 0.